The van der Waals surface area contributed by atoms with Crippen LogP contribution in [0.25, 0.3) is 0 Å². The van der Waals surface area contributed by atoms with Crippen molar-refractivity contribution < 1.29 is 19.0 Å². The molecular formula is C8H6ClFO3. The lowest BCUT2D eigenvalue weighted by molar-refractivity contribution is 0.0692. The third-order valence-corrected chi connectivity index (χ3v) is 1.77. The molecule has 0 aromatic heterocycles. The molecule has 0 aliphatic rings. The zero-order valence-corrected chi connectivity index (χ0v) is 7.43. The molecule has 5 heteroatoms. The Morgan fingerprint density at radius 1 is 1.62 bits per heavy atom. The zero-order valence-electron chi connectivity index (χ0n) is 6.67. The van der Waals surface area contributed by atoms with Crippen molar-refractivity contribution in [3.05, 3.63) is 28.5 Å². The lowest BCUT2D eigenvalue weighted by atomic mass is 10.2. The van der Waals surface area contributed by atoms with E-state index < -0.39 is 17.3 Å². The number of carboxylic acids is 1. The number of hydrogen-bond donors (Lipinski definition) is 1. The van der Waals surface area contributed by atoms with Crippen LogP contribution in [0.5, 0.6) is 5.75 Å². The van der Waals surface area contributed by atoms with Gasteiger partial charge in [0.05, 0.1) is 17.7 Å². The molecule has 0 fully saturated rings. The van der Waals surface area contributed by atoms with Gasteiger partial charge in [0.1, 0.15) is 11.6 Å². The summed E-state index contributed by atoms with van der Waals surface area (Å²) in [5, 5.41) is 8.58. The molecule has 0 saturated heterocycles. The normalized spacial score (nSPS) is 9.77. The van der Waals surface area contributed by atoms with Crippen molar-refractivity contribution in [1.29, 1.82) is 0 Å². The molecule has 1 rings (SSSR count). The summed E-state index contributed by atoms with van der Waals surface area (Å²) in [6, 6.07) is 1.95. The van der Waals surface area contributed by atoms with Gasteiger partial charge < -0.3 is 9.84 Å². The highest BCUT2D eigenvalue weighted by Crippen LogP contribution is 2.27. The van der Waals surface area contributed by atoms with E-state index in [1.165, 1.54) is 7.11 Å². The summed E-state index contributed by atoms with van der Waals surface area (Å²) in [5.41, 5.74) is -0.467. The first kappa shape index (κ1) is 9.80. The van der Waals surface area contributed by atoms with Gasteiger partial charge in [-0.1, -0.05) is 11.6 Å². The second kappa shape index (κ2) is 3.62. The summed E-state index contributed by atoms with van der Waals surface area (Å²) in [6.07, 6.45) is 0. The maximum Gasteiger partial charge on any atom is 0.338 e. The minimum Gasteiger partial charge on any atom is -0.495 e. The summed E-state index contributed by atoms with van der Waals surface area (Å²) >= 11 is 5.59. The van der Waals surface area contributed by atoms with Crippen LogP contribution in [0.1, 0.15) is 10.4 Å². The van der Waals surface area contributed by atoms with E-state index in [0.29, 0.717) is 0 Å². The number of aromatic carboxylic acids is 1. The Morgan fingerprint density at radius 2 is 2.23 bits per heavy atom. The van der Waals surface area contributed by atoms with E-state index in [1.54, 1.807) is 0 Å². The molecule has 1 N–H and O–H groups in total. The minimum absolute atomic E-state index is 0.0706. The predicted octanol–water partition coefficient (Wildman–Crippen LogP) is 2.19. The van der Waals surface area contributed by atoms with E-state index in [2.05, 4.69) is 0 Å². The van der Waals surface area contributed by atoms with Gasteiger partial charge in [-0.15, -0.1) is 0 Å². The van der Waals surface area contributed by atoms with Gasteiger partial charge in [0.2, 0.25) is 0 Å². The summed E-state index contributed by atoms with van der Waals surface area (Å²) < 4.78 is 17.6. The molecular weight excluding hydrogens is 199 g/mol. The molecule has 3 nitrogen and oxygen atoms in total. The molecule has 1 aromatic carbocycles. The Labute approximate surface area is 78.7 Å². The molecule has 0 aliphatic heterocycles. The van der Waals surface area contributed by atoms with Crippen molar-refractivity contribution in [1.82, 2.24) is 0 Å². The molecule has 0 unspecified atom stereocenters. The topological polar surface area (TPSA) is 46.5 Å². The number of methoxy groups -OCH3 is 1. The van der Waals surface area contributed by atoms with Crippen LogP contribution >= 0.6 is 11.6 Å². The van der Waals surface area contributed by atoms with Gasteiger partial charge in [0.15, 0.2) is 0 Å². The Kier molecular flexibility index (Phi) is 2.72. The zero-order chi connectivity index (χ0) is 10.0. The van der Waals surface area contributed by atoms with Crippen LogP contribution in [0.3, 0.4) is 0 Å². The summed E-state index contributed by atoms with van der Waals surface area (Å²) in [5.74, 6) is -2.11. The number of hydrogen-bond acceptors (Lipinski definition) is 2. The maximum atomic E-state index is 12.9. The van der Waals surface area contributed by atoms with E-state index in [0.717, 1.165) is 12.1 Å². The van der Waals surface area contributed by atoms with E-state index in [4.69, 9.17) is 21.4 Å². The number of rotatable bonds is 2. The fraction of sp³-hybridized carbons (Fsp3) is 0.125. The summed E-state index contributed by atoms with van der Waals surface area (Å²) in [4.78, 5) is 10.4. The number of carbonyl (C=O) groups is 1. The van der Waals surface area contributed by atoms with Crippen LogP contribution < -0.4 is 4.74 Å². The largest absolute Gasteiger partial charge is 0.495 e. The Bertz CT molecular complexity index is 351. The van der Waals surface area contributed by atoms with Crippen molar-refractivity contribution in [2.45, 2.75) is 0 Å². The fourth-order valence-corrected chi connectivity index (χ4v) is 1.09. The van der Waals surface area contributed by atoms with Gasteiger partial charge in [-0.25, -0.2) is 9.18 Å². The standard InChI is InChI=1S/C8H6ClFO3/c1-13-7-3-6(10)4(8(11)12)2-5(7)9/h2-3H,1H3,(H,11,12). The third kappa shape index (κ3) is 1.89. The molecule has 1 aromatic rings. The molecule has 0 atom stereocenters. The molecule has 0 saturated carbocycles. The van der Waals surface area contributed by atoms with Crippen LogP contribution in [0.4, 0.5) is 4.39 Å². The first-order chi connectivity index (χ1) is 6.06. The highest BCUT2D eigenvalue weighted by Gasteiger charge is 2.14. The Hall–Kier alpha value is -1.29. The molecule has 0 bridgehead atoms. The van der Waals surface area contributed by atoms with E-state index in [-0.39, 0.29) is 10.8 Å². The van der Waals surface area contributed by atoms with Crippen LogP contribution in [-0.4, -0.2) is 18.2 Å². The number of benzene rings is 1. The van der Waals surface area contributed by atoms with Crippen LogP contribution in [0.15, 0.2) is 12.1 Å². The van der Waals surface area contributed by atoms with Gasteiger partial charge in [0.25, 0.3) is 0 Å². The Morgan fingerprint density at radius 3 is 2.69 bits per heavy atom. The van der Waals surface area contributed by atoms with E-state index in [9.17, 15) is 9.18 Å². The number of ether oxygens (including phenoxy) is 1. The molecule has 0 aliphatic carbocycles. The van der Waals surface area contributed by atoms with Gasteiger partial charge in [-0.3, -0.25) is 0 Å². The van der Waals surface area contributed by atoms with Crippen LogP contribution in [0.2, 0.25) is 5.02 Å². The Balaban J connectivity index is 3.28. The monoisotopic (exact) mass is 204 g/mol. The van der Waals surface area contributed by atoms with Crippen molar-refractivity contribution in [3.63, 3.8) is 0 Å². The second-order valence-corrected chi connectivity index (χ2v) is 2.68. The van der Waals surface area contributed by atoms with Crippen molar-refractivity contribution in [2.24, 2.45) is 0 Å². The van der Waals surface area contributed by atoms with E-state index in [1.807, 2.05) is 0 Å². The predicted molar refractivity (Wildman–Crippen MR) is 44.9 cm³/mol. The quantitative estimate of drug-likeness (QED) is 0.803. The second-order valence-electron chi connectivity index (χ2n) is 2.27. The first-order valence-corrected chi connectivity index (χ1v) is 3.70. The van der Waals surface area contributed by atoms with Crippen molar-refractivity contribution in [2.75, 3.05) is 7.11 Å². The maximum absolute atomic E-state index is 12.9. The van der Waals surface area contributed by atoms with Crippen molar-refractivity contribution in [3.8, 4) is 5.75 Å². The average molecular weight is 205 g/mol. The number of halogens is 2. The van der Waals surface area contributed by atoms with Gasteiger partial charge >= 0.3 is 5.97 Å². The smallest absolute Gasteiger partial charge is 0.338 e. The van der Waals surface area contributed by atoms with Crippen molar-refractivity contribution >= 4 is 17.6 Å². The van der Waals surface area contributed by atoms with Crippen LogP contribution in [-0.2, 0) is 0 Å². The van der Waals surface area contributed by atoms with Gasteiger partial charge in [-0.05, 0) is 6.07 Å². The lowest BCUT2D eigenvalue weighted by Crippen LogP contribution is -2.01. The third-order valence-electron chi connectivity index (χ3n) is 1.47. The number of carboxylic acid groups (broad SMARTS) is 1. The lowest BCUT2D eigenvalue weighted by Gasteiger charge is -2.04. The average Bonchev–Trinajstić information content (AvgIpc) is 2.07. The summed E-state index contributed by atoms with van der Waals surface area (Å²) in [7, 11) is 1.32. The highest BCUT2D eigenvalue weighted by molar-refractivity contribution is 6.32. The van der Waals surface area contributed by atoms with E-state index >= 15 is 0 Å². The first-order valence-electron chi connectivity index (χ1n) is 3.32. The molecule has 0 spiro atoms. The molecule has 0 amide bonds. The van der Waals surface area contributed by atoms with Gasteiger partial charge in [-0.2, -0.15) is 0 Å². The molecule has 0 radical (unpaired) electrons. The van der Waals surface area contributed by atoms with Crippen LogP contribution in [0, 0.1) is 5.82 Å². The molecule has 13 heavy (non-hydrogen) atoms. The summed E-state index contributed by atoms with van der Waals surface area (Å²) in [6.45, 7) is 0. The fourth-order valence-electron chi connectivity index (χ4n) is 0.849. The van der Waals surface area contributed by atoms with Gasteiger partial charge in [0, 0.05) is 6.07 Å². The molecule has 0 heterocycles. The highest BCUT2D eigenvalue weighted by atomic mass is 35.5. The molecule has 70 valence electrons. The minimum atomic E-state index is -1.36. The SMILES string of the molecule is COc1cc(F)c(C(=O)O)cc1Cl.